The van der Waals surface area contributed by atoms with Crippen molar-refractivity contribution in [1.29, 1.82) is 0 Å². The van der Waals surface area contributed by atoms with E-state index in [0.29, 0.717) is 30.1 Å². The Morgan fingerprint density at radius 1 is 1.06 bits per heavy atom. The summed E-state index contributed by atoms with van der Waals surface area (Å²) in [6, 6.07) is 0. The summed E-state index contributed by atoms with van der Waals surface area (Å²) in [5.74, 6) is 0.0709. The maximum Gasteiger partial charge on any atom is 0.483 e. The average molecular weight is 477 g/mol. The Labute approximate surface area is 193 Å². The summed E-state index contributed by atoms with van der Waals surface area (Å²) in [5, 5.41) is 0. The maximum absolute atomic E-state index is 13.6. The van der Waals surface area contributed by atoms with Crippen LogP contribution in [0.25, 0.3) is 0 Å². The monoisotopic (exact) mass is 476 g/mol. The number of esters is 2. The number of rotatable bonds is 8. The normalized spacial score (nSPS) is 38.7. The smallest absolute Gasteiger partial charge is 0.459 e. The number of alkyl halides is 2. The van der Waals surface area contributed by atoms with E-state index < -0.39 is 23.1 Å². The van der Waals surface area contributed by atoms with Gasteiger partial charge in [0.05, 0.1) is 12.5 Å². The summed E-state index contributed by atoms with van der Waals surface area (Å²) in [5.41, 5.74) is -0.997. The standard InChI is InChI=1S/C23H34F2O6S/c1-14(2)17-3-5-18(6-4-17)19(26)29-22-10-15-7-16(11-22)9-21(8-15,12-22)13-28-20(27)23(24,25)30-31-32/h14-18,32H,3-13H2,1-2H3. The Bertz CT molecular complexity index is 707. The van der Waals surface area contributed by atoms with Crippen LogP contribution in [0.15, 0.2) is 0 Å². The van der Waals surface area contributed by atoms with Crippen LogP contribution in [0.4, 0.5) is 8.78 Å². The molecule has 0 amide bonds. The molecule has 2 atom stereocenters. The van der Waals surface area contributed by atoms with E-state index in [1.54, 1.807) is 0 Å². The van der Waals surface area contributed by atoms with Crippen LogP contribution < -0.4 is 0 Å². The third-order valence-electron chi connectivity index (χ3n) is 8.38. The van der Waals surface area contributed by atoms with Gasteiger partial charge in [-0.3, -0.25) is 4.79 Å². The molecule has 5 rings (SSSR count). The van der Waals surface area contributed by atoms with Crippen LogP contribution >= 0.6 is 12.9 Å². The highest BCUT2D eigenvalue weighted by molar-refractivity contribution is 7.74. The molecule has 0 saturated heterocycles. The van der Waals surface area contributed by atoms with Gasteiger partial charge in [-0.1, -0.05) is 13.8 Å². The fourth-order valence-electron chi connectivity index (χ4n) is 7.35. The molecule has 0 aromatic rings. The highest BCUT2D eigenvalue weighted by Crippen LogP contribution is 2.63. The van der Waals surface area contributed by atoms with Crippen molar-refractivity contribution < 1.29 is 37.1 Å². The van der Waals surface area contributed by atoms with Gasteiger partial charge in [0.1, 0.15) is 5.60 Å². The Balaban J connectivity index is 1.39. The van der Waals surface area contributed by atoms with Crippen molar-refractivity contribution in [2.75, 3.05) is 6.61 Å². The van der Waals surface area contributed by atoms with Gasteiger partial charge in [-0.05, 0) is 87.9 Å². The Hall–Kier alpha value is -0.930. The van der Waals surface area contributed by atoms with Crippen LogP contribution in [0.1, 0.15) is 78.1 Å². The predicted molar refractivity (Wildman–Crippen MR) is 113 cm³/mol. The third-order valence-corrected chi connectivity index (χ3v) is 8.46. The molecule has 0 N–H and O–H groups in total. The molecule has 6 nitrogen and oxygen atoms in total. The zero-order valence-electron chi connectivity index (χ0n) is 18.8. The summed E-state index contributed by atoms with van der Waals surface area (Å²) >= 11 is 3.09. The molecular formula is C23H34F2O6S. The minimum atomic E-state index is -4.22. The van der Waals surface area contributed by atoms with Crippen molar-refractivity contribution in [3.8, 4) is 0 Å². The molecule has 0 spiro atoms. The Morgan fingerprint density at radius 3 is 2.25 bits per heavy atom. The Kier molecular flexibility index (Phi) is 6.82. The second-order valence-electron chi connectivity index (χ2n) is 11.2. The first-order valence-corrected chi connectivity index (χ1v) is 12.2. The summed E-state index contributed by atoms with van der Waals surface area (Å²) < 4.78 is 42.0. The van der Waals surface area contributed by atoms with Crippen molar-refractivity contribution in [2.24, 2.45) is 35.0 Å². The Morgan fingerprint density at radius 2 is 1.69 bits per heavy atom. The number of halogens is 2. The first-order chi connectivity index (χ1) is 15.1. The third kappa shape index (κ3) is 4.94. The fourth-order valence-corrected chi connectivity index (χ4v) is 7.45. The number of carbonyl (C=O) groups excluding carboxylic acids is 2. The van der Waals surface area contributed by atoms with Crippen LogP contribution in [-0.2, 0) is 28.3 Å². The van der Waals surface area contributed by atoms with Gasteiger partial charge in [-0.25, -0.2) is 4.79 Å². The number of ether oxygens (including phenoxy) is 2. The van der Waals surface area contributed by atoms with E-state index in [2.05, 4.69) is 36.0 Å². The molecule has 0 aliphatic heterocycles. The number of hydrogen-bond donors (Lipinski definition) is 1. The highest BCUT2D eigenvalue weighted by Gasteiger charge is 2.60. The van der Waals surface area contributed by atoms with Gasteiger partial charge in [0.15, 0.2) is 0 Å². The van der Waals surface area contributed by atoms with Crippen molar-refractivity contribution >= 4 is 24.8 Å². The number of carbonyl (C=O) groups is 2. The van der Waals surface area contributed by atoms with Crippen molar-refractivity contribution in [1.82, 2.24) is 0 Å². The van der Waals surface area contributed by atoms with Crippen LogP contribution in [0.3, 0.4) is 0 Å². The number of hydrogen-bond acceptors (Lipinski definition) is 7. The minimum absolute atomic E-state index is 0.0520. The van der Waals surface area contributed by atoms with Gasteiger partial charge >= 0.3 is 18.0 Å². The lowest BCUT2D eigenvalue weighted by Crippen LogP contribution is -2.59. The van der Waals surface area contributed by atoms with Gasteiger partial charge < -0.3 is 9.47 Å². The molecule has 5 fully saturated rings. The van der Waals surface area contributed by atoms with Crippen LogP contribution in [-0.4, -0.2) is 30.3 Å². The highest BCUT2D eigenvalue weighted by atomic mass is 32.1. The van der Waals surface area contributed by atoms with E-state index in [0.717, 1.165) is 57.8 Å². The molecule has 4 bridgehead atoms. The minimum Gasteiger partial charge on any atom is -0.459 e. The molecule has 0 aromatic carbocycles. The van der Waals surface area contributed by atoms with Crippen LogP contribution in [0, 0.1) is 35.0 Å². The molecule has 0 aromatic heterocycles. The molecule has 182 valence electrons. The summed E-state index contributed by atoms with van der Waals surface area (Å²) in [4.78, 5) is 28.5. The SMILES string of the molecule is CC(C)C1CCC(C(=O)OC23CC4CC(CC(COC(=O)C(F)(F)OOS)(C4)C2)C3)CC1. The van der Waals surface area contributed by atoms with E-state index in [1.807, 2.05) is 0 Å². The van der Waals surface area contributed by atoms with E-state index in [-0.39, 0.29) is 18.5 Å². The first-order valence-electron chi connectivity index (χ1n) is 11.8. The summed E-state index contributed by atoms with van der Waals surface area (Å²) in [6.07, 6.45) is 4.48. The second kappa shape index (κ2) is 9.02. The fraction of sp³-hybridized carbons (Fsp3) is 0.913. The lowest BCUT2D eigenvalue weighted by molar-refractivity contribution is -0.370. The molecule has 0 radical (unpaired) electrons. The van der Waals surface area contributed by atoms with Crippen LogP contribution in [0.2, 0.25) is 0 Å². The summed E-state index contributed by atoms with van der Waals surface area (Å²) in [7, 11) is 0. The van der Waals surface area contributed by atoms with E-state index in [4.69, 9.17) is 9.47 Å². The van der Waals surface area contributed by atoms with Gasteiger partial charge in [0.25, 0.3) is 0 Å². The van der Waals surface area contributed by atoms with Crippen molar-refractivity contribution in [3.63, 3.8) is 0 Å². The molecule has 5 aliphatic carbocycles. The molecule has 2 unspecified atom stereocenters. The lowest BCUT2D eigenvalue weighted by atomic mass is 9.48. The maximum atomic E-state index is 13.6. The lowest BCUT2D eigenvalue weighted by Gasteiger charge is -2.61. The molecule has 5 aliphatic rings. The topological polar surface area (TPSA) is 71.1 Å². The van der Waals surface area contributed by atoms with Gasteiger partial charge in [-0.2, -0.15) is 13.1 Å². The average Bonchev–Trinajstić information content (AvgIpc) is 2.70. The van der Waals surface area contributed by atoms with E-state index >= 15 is 0 Å². The summed E-state index contributed by atoms with van der Waals surface area (Å²) in [6.45, 7) is 4.33. The first kappa shape index (κ1) is 24.2. The predicted octanol–water partition coefficient (Wildman–Crippen LogP) is 5.26. The zero-order valence-corrected chi connectivity index (χ0v) is 19.7. The van der Waals surface area contributed by atoms with Crippen molar-refractivity contribution in [2.45, 2.75) is 89.8 Å². The molecule has 0 heterocycles. The molecule has 5 saturated carbocycles. The molecular weight excluding hydrogens is 442 g/mol. The second-order valence-corrected chi connectivity index (χ2v) is 11.3. The van der Waals surface area contributed by atoms with Crippen LogP contribution in [0.5, 0.6) is 0 Å². The quantitative estimate of drug-likeness (QED) is 0.169. The molecule has 32 heavy (non-hydrogen) atoms. The van der Waals surface area contributed by atoms with Gasteiger partial charge in [0, 0.05) is 18.3 Å². The molecule has 9 heteroatoms. The van der Waals surface area contributed by atoms with Crippen molar-refractivity contribution in [3.05, 3.63) is 0 Å². The number of thiol groups is 1. The van der Waals surface area contributed by atoms with E-state index in [9.17, 15) is 18.4 Å². The van der Waals surface area contributed by atoms with E-state index in [1.165, 1.54) is 0 Å². The van der Waals surface area contributed by atoms with Gasteiger partial charge in [-0.15, -0.1) is 4.89 Å². The largest absolute Gasteiger partial charge is 0.483 e. The zero-order chi connectivity index (χ0) is 23.1. The van der Waals surface area contributed by atoms with Gasteiger partial charge in [0.2, 0.25) is 0 Å².